The van der Waals surface area contributed by atoms with Crippen LogP contribution >= 0.6 is 0 Å². The Morgan fingerprint density at radius 3 is 2.09 bits per heavy atom. The number of rotatable bonds is 12. The molecule has 178 valence electrons. The first-order valence-electron chi connectivity index (χ1n) is 11.6. The number of phenols is 1. The lowest BCUT2D eigenvalue weighted by atomic mass is 9.85. The van der Waals surface area contributed by atoms with Crippen molar-refractivity contribution >= 4 is 21.5 Å². The molecule has 3 aromatic rings. The van der Waals surface area contributed by atoms with Crippen LogP contribution in [0.15, 0.2) is 42.5 Å². The van der Waals surface area contributed by atoms with Gasteiger partial charge in [0, 0.05) is 21.5 Å². The van der Waals surface area contributed by atoms with E-state index in [2.05, 4.69) is 32.9 Å². The van der Waals surface area contributed by atoms with Gasteiger partial charge in [-0.25, -0.2) is 0 Å². The van der Waals surface area contributed by atoms with E-state index in [0.29, 0.717) is 52.0 Å². The molecule has 1 heterocycles. The smallest absolute Gasteiger partial charge is 0.135 e. The molecular weight excluding hydrogens is 420 g/mol. The van der Waals surface area contributed by atoms with Crippen molar-refractivity contribution in [1.29, 1.82) is 0 Å². The third-order valence-electron chi connectivity index (χ3n) is 5.74. The number of fused-ring (bicyclic) bond motifs is 2. The fourth-order valence-electron chi connectivity index (χ4n) is 3.76. The summed E-state index contributed by atoms with van der Waals surface area (Å²) in [5, 5.41) is 14.4. The summed E-state index contributed by atoms with van der Waals surface area (Å²) in [5.41, 5.74) is 1.15. The van der Waals surface area contributed by atoms with Crippen LogP contribution in [-0.2, 0) is 24.4 Å². The van der Waals surface area contributed by atoms with Gasteiger partial charge in [0.2, 0.25) is 0 Å². The van der Waals surface area contributed by atoms with Gasteiger partial charge in [0.25, 0.3) is 0 Å². The molecule has 0 spiro atoms. The molecule has 6 nitrogen and oxygen atoms in total. The fourth-order valence-corrected chi connectivity index (χ4v) is 3.76. The molecule has 1 atom stereocenters. The zero-order chi connectivity index (χ0) is 23.3. The Bertz CT molecular complexity index is 1070. The van der Waals surface area contributed by atoms with Gasteiger partial charge in [-0.15, -0.1) is 0 Å². The summed E-state index contributed by atoms with van der Waals surface area (Å²) in [6.07, 6.45) is 0.289. The second-order valence-electron chi connectivity index (χ2n) is 9.34. The Morgan fingerprint density at radius 2 is 1.42 bits per heavy atom. The normalized spacial score (nSPS) is 15.9. The van der Waals surface area contributed by atoms with E-state index in [1.165, 1.54) is 5.56 Å². The van der Waals surface area contributed by atoms with E-state index in [1.807, 2.05) is 30.3 Å². The van der Waals surface area contributed by atoms with Gasteiger partial charge in [0.1, 0.15) is 24.2 Å². The van der Waals surface area contributed by atoms with Crippen LogP contribution in [0.2, 0.25) is 0 Å². The van der Waals surface area contributed by atoms with E-state index in [9.17, 15) is 5.11 Å². The molecule has 1 fully saturated rings. The summed E-state index contributed by atoms with van der Waals surface area (Å²) in [6, 6.07) is 14.0. The minimum atomic E-state index is -0.0129. The Kier molecular flexibility index (Phi) is 7.71. The molecule has 4 rings (SSSR count). The molecule has 0 radical (unpaired) electrons. The number of benzene rings is 3. The summed E-state index contributed by atoms with van der Waals surface area (Å²) in [7, 11) is 0. The van der Waals surface area contributed by atoms with Crippen LogP contribution in [0.25, 0.3) is 21.5 Å². The lowest BCUT2D eigenvalue weighted by molar-refractivity contribution is 0.00722. The van der Waals surface area contributed by atoms with Gasteiger partial charge in [-0.2, -0.15) is 0 Å². The SMILES string of the molecule is CC(C)(C)c1ccc2c(OCCOCCOCCOCC3CO3)c3ccccc3c(O)c2c1. The fraction of sp³-hybridized carbons (Fsp3) is 0.481. The van der Waals surface area contributed by atoms with Crippen LogP contribution in [0.1, 0.15) is 26.3 Å². The van der Waals surface area contributed by atoms with E-state index < -0.39 is 0 Å². The van der Waals surface area contributed by atoms with Crippen molar-refractivity contribution in [2.45, 2.75) is 32.3 Å². The number of epoxide rings is 1. The maximum absolute atomic E-state index is 11.0. The van der Waals surface area contributed by atoms with Gasteiger partial charge in [-0.3, -0.25) is 0 Å². The molecule has 1 aliphatic heterocycles. The van der Waals surface area contributed by atoms with E-state index in [4.69, 9.17) is 23.7 Å². The van der Waals surface area contributed by atoms with Gasteiger partial charge in [-0.05, 0) is 17.0 Å². The minimum absolute atomic E-state index is 0.0129. The number of phenolic OH excluding ortho intramolecular Hbond substituents is 1. The topological polar surface area (TPSA) is 69.7 Å². The van der Waals surface area contributed by atoms with Gasteiger partial charge >= 0.3 is 0 Å². The molecule has 0 aromatic heterocycles. The predicted octanol–water partition coefficient (Wildman–Crippen LogP) is 4.82. The zero-order valence-electron chi connectivity index (χ0n) is 19.8. The molecule has 0 amide bonds. The summed E-state index contributed by atoms with van der Waals surface area (Å²) < 4.78 is 27.9. The number of hydrogen-bond donors (Lipinski definition) is 1. The monoisotopic (exact) mass is 454 g/mol. The molecule has 3 aromatic carbocycles. The molecule has 0 aliphatic carbocycles. The third-order valence-corrected chi connectivity index (χ3v) is 5.74. The van der Waals surface area contributed by atoms with E-state index in [0.717, 1.165) is 33.9 Å². The highest BCUT2D eigenvalue weighted by molar-refractivity contribution is 6.11. The minimum Gasteiger partial charge on any atom is -0.507 e. The van der Waals surface area contributed by atoms with Gasteiger partial charge in [0.05, 0.1) is 46.2 Å². The summed E-state index contributed by atoms with van der Waals surface area (Å²) in [5.74, 6) is 1.07. The first-order chi connectivity index (χ1) is 15.9. The molecule has 1 unspecified atom stereocenters. The molecular formula is C27H34O6. The average Bonchev–Trinajstić information content (AvgIpc) is 3.63. The maximum Gasteiger partial charge on any atom is 0.135 e. The van der Waals surface area contributed by atoms with E-state index in [1.54, 1.807) is 0 Å². The largest absolute Gasteiger partial charge is 0.507 e. The Balaban J connectivity index is 1.34. The van der Waals surface area contributed by atoms with E-state index in [-0.39, 0.29) is 11.5 Å². The van der Waals surface area contributed by atoms with Crippen molar-refractivity contribution in [3.63, 3.8) is 0 Å². The Labute approximate surface area is 195 Å². The molecule has 6 heteroatoms. The summed E-state index contributed by atoms with van der Waals surface area (Å²) >= 11 is 0. The van der Waals surface area contributed by atoms with Crippen molar-refractivity contribution in [2.24, 2.45) is 0 Å². The predicted molar refractivity (Wildman–Crippen MR) is 130 cm³/mol. The highest BCUT2D eigenvalue weighted by Gasteiger charge is 2.22. The number of ether oxygens (including phenoxy) is 5. The molecule has 0 bridgehead atoms. The zero-order valence-corrected chi connectivity index (χ0v) is 19.8. The second-order valence-corrected chi connectivity index (χ2v) is 9.34. The molecule has 33 heavy (non-hydrogen) atoms. The van der Waals surface area contributed by atoms with Crippen molar-refractivity contribution in [3.8, 4) is 11.5 Å². The molecule has 0 saturated carbocycles. The van der Waals surface area contributed by atoms with Gasteiger partial charge in [-0.1, -0.05) is 57.2 Å². The maximum atomic E-state index is 11.0. The number of hydrogen-bond acceptors (Lipinski definition) is 6. The van der Waals surface area contributed by atoms with Crippen LogP contribution in [-0.4, -0.2) is 64.1 Å². The van der Waals surface area contributed by atoms with Crippen LogP contribution in [0, 0.1) is 0 Å². The van der Waals surface area contributed by atoms with Gasteiger partial charge in [0.15, 0.2) is 0 Å². The van der Waals surface area contributed by atoms with E-state index >= 15 is 0 Å². The van der Waals surface area contributed by atoms with Crippen LogP contribution < -0.4 is 4.74 Å². The Morgan fingerprint density at radius 1 is 0.818 bits per heavy atom. The van der Waals surface area contributed by atoms with Crippen LogP contribution in [0.3, 0.4) is 0 Å². The number of aromatic hydroxyl groups is 1. The average molecular weight is 455 g/mol. The third kappa shape index (κ3) is 6.15. The quantitative estimate of drug-likeness (QED) is 0.240. The highest BCUT2D eigenvalue weighted by Crippen LogP contribution is 2.43. The lowest BCUT2D eigenvalue weighted by Crippen LogP contribution is -2.14. The first-order valence-corrected chi connectivity index (χ1v) is 11.6. The van der Waals surface area contributed by atoms with Gasteiger partial charge < -0.3 is 28.8 Å². The molecule has 1 aliphatic rings. The van der Waals surface area contributed by atoms with Crippen molar-refractivity contribution in [3.05, 3.63) is 48.0 Å². The highest BCUT2D eigenvalue weighted by atomic mass is 16.6. The second kappa shape index (κ2) is 10.7. The molecule has 1 N–H and O–H groups in total. The summed E-state index contributed by atoms with van der Waals surface area (Å²) in [6.45, 7) is 11.0. The first kappa shape index (κ1) is 23.8. The lowest BCUT2D eigenvalue weighted by Gasteiger charge is -2.21. The summed E-state index contributed by atoms with van der Waals surface area (Å²) in [4.78, 5) is 0. The standard InChI is InChI=1S/C27H34O6/c1-27(2,3)19-8-9-23-24(16-19)25(28)21-6-4-5-7-22(21)26(23)32-15-14-30-11-10-29-12-13-31-17-20-18-33-20/h4-9,16,20,28H,10-15,17-18H2,1-3H3. The molecule has 1 saturated heterocycles. The van der Waals surface area contributed by atoms with Crippen LogP contribution in [0.5, 0.6) is 11.5 Å². The van der Waals surface area contributed by atoms with Crippen molar-refractivity contribution in [2.75, 3.05) is 52.9 Å². The Hall–Kier alpha value is -2.38. The van der Waals surface area contributed by atoms with Crippen LogP contribution in [0.4, 0.5) is 0 Å². The van der Waals surface area contributed by atoms with Crippen molar-refractivity contribution < 1.29 is 28.8 Å². The van der Waals surface area contributed by atoms with Crippen molar-refractivity contribution in [1.82, 2.24) is 0 Å².